The molecular formula is C12H10N2O2. The Balaban J connectivity index is 2.23. The van der Waals surface area contributed by atoms with Crippen LogP contribution < -0.4 is 5.73 Å². The molecule has 0 aliphatic rings. The number of nitrogens with two attached hydrogens (primary N) is 1. The van der Waals surface area contributed by atoms with Crippen molar-refractivity contribution in [2.75, 3.05) is 5.73 Å². The van der Waals surface area contributed by atoms with Gasteiger partial charge in [-0.25, -0.2) is 4.98 Å². The molecule has 0 atom stereocenters. The monoisotopic (exact) mass is 214 g/mol. The largest absolute Gasteiger partial charge is 0.459 e. The highest BCUT2D eigenvalue weighted by atomic mass is 16.4. The lowest BCUT2D eigenvalue weighted by atomic mass is 10.3. The Labute approximate surface area is 91.7 Å². The highest BCUT2D eigenvalue weighted by molar-refractivity contribution is 5.79. The van der Waals surface area contributed by atoms with Crippen molar-refractivity contribution < 1.29 is 8.83 Å². The van der Waals surface area contributed by atoms with E-state index in [1.165, 1.54) is 0 Å². The first-order valence-electron chi connectivity index (χ1n) is 4.94. The lowest BCUT2D eigenvalue weighted by molar-refractivity contribution is 0.533. The van der Waals surface area contributed by atoms with Gasteiger partial charge in [-0.1, -0.05) is 0 Å². The second kappa shape index (κ2) is 3.13. The molecule has 16 heavy (non-hydrogen) atoms. The van der Waals surface area contributed by atoms with Crippen molar-refractivity contribution in [3.63, 3.8) is 0 Å². The summed E-state index contributed by atoms with van der Waals surface area (Å²) in [5.74, 6) is 1.15. The Morgan fingerprint density at radius 3 is 2.88 bits per heavy atom. The Bertz CT molecular complexity index is 652. The van der Waals surface area contributed by atoms with Crippen LogP contribution in [0.4, 0.5) is 5.69 Å². The summed E-state index contributed by atoms with van der Waals surface area (Å²) in [5, 5.41) is 0. The maximum atomic E-state index is 5.67. The summed E-state index contributed by atoms with van der Waals surface area (Å²) in [7, 11) is 0. The van der Waals surface area contributed by atoms with Crippen molar-refractivity contribution in [3.8, 4) is 11.7 Å². The molecule has 1 aromatic carbocycles. The third-order valence-electron chi connectivity index (χ3n) is 2.47. The number of anilines is 1. The van der Waals surface area contributed by atoms with Gasteiger partial charge in [-0.15, -0.1) is 0 Å². The molecule has 0 radical (unpaired) electrons. The fraction of sp³-hybridized carbons (Fsp3) is 0.0833. The van der Waals surface area contributed by atoms with E-state index < -0.39 is 0 Å². The number of fused-ring (bicyclic) bond motifs is 1. The van der Waals surface area contributed by atoms with E-state index in [4.69, 9.17) is 14.6 Å². The van der Waals surface area contributed by atoms with Gasteiger partial charge in [0.15, 0.2) is 11.3 Å². The molecule has 2 N–H and O–H groups in total. The number of furan rings is 1. The molecule has 80 valence electrons. The first-order chi connectivity index (χ1) is 7.74. The Morgan fingerprint density at radius 1 is 1.25 bits per heavy atom. The summed E-state index contributed by atoms with van der Waals surface area (Å²) in [5.41, 5.74) is 8.78. The molecule has 0 aliphatic heterocycles. The van der Waals surface area contributed by atoms with E-state index in [0.29, 0.717) is 22.9 Å². The van der Waals surface area contributed by atoms with Gasteiger partial charge in [-0.2, -0.15) is 0 Å². The molecule has 3 rings (SSSR count). The van der Waals surface area contributed by atoms with Gasteiger partial charge in [0, 0.05) is 17.3 Å². The molecular weight excluding hydrogens is 204 g/mol. The van der Waals surface area contributed by atoms with E-state index in [1.807, 2.05) is 19.1 Å². The van der Waals surface area contributed by atoms with Crippen molar-refractivity contribution in [2.24, 2.45) is 0 Å². The average Bonchev–Trinajstić information content (AvgIpc) is 2.82. The van der Waals surface area contributed by atoms with Crippen molar-refractivity contribution in [2.45, 2.75) is 6.92 Å². The molecule has 0 unspecified atom stereocenters. The number of benzene rings is 1. The summed E-state index contributed by atoms with van der Waals surface area (Å²) < 4.78 is 10.9. The molecule has 0 aliphatic carbocycles. The number of hydrogen-bond donors (Lipinski definition) is 1. The number of hydrogen-bond acceptors (Lipinski definition) is 4. The van der Waals surface area contributed by atoms with Crippen LogP contribution in [-0.4, -0.2) is 4.98 Å². The Kier molecular flexibility index (Phi) is 1.77. The Hall–Kier alpha value is -2.23. The van der Waals surface area contributed by atoms with Gasteiger partial charge in [-0.05, 0) is 25.1 Å². The van der Waals surface area contributed by atoms with Crippen LogP contribution in [0.2, 0.25) is 0 Å². The zero-order valence-corrected chi connectivity index (χ0v) is 8.73. The van der Waals surface area contributed by atoms with Crippen LogP contribution in [0.3, 0.4) is 0 Å². The molecule has 0 amide bonds. The van der Waals surface area contributed by atoms with Crippen LogP contribution in [0.1, 0.15) is 5.56 Å². The van der Waals surface area contributed by atoms with Crippen LogP contribution in [0.5, 0.6) is 0 Å². The predicted molar refractivity (Wildman–Crippen MR) is 60.9 cm³/mol. The van der Waals surface area contributed by atoms with Crippen LogP contribution in [-0.2, 0) is 0 Å². The second-order valence-corrected chi connectivity index (χ2v) is 3.68. The van der Waals surface area contributed by atoms with Crippen molar-refractivity contribution >= 4 is 16.8 Å². The Morgan fingerprint density at radius 2 is 2.12 bits per heavy atom. The number of nitrogens with zero attached hydrogens (tertiary/aromatic N) is 1. The van der Waals surface area contributed by atoms with Crippen LogP contribution >= 0.6 is 0 Å². The molecule has 0 spiro atoms. The number of aryl methyl sites for hydroxylation is 1. The molecule has 4 nitrogen and oxygen atoms in total. The summed E-state index contributed by atoms with van der Waals surface area (Å²) >= 11 is 0. The molecule has 2 aromatic heterocycles. The molecule has 0 bridgehead atoms. The zero-order valence-electron chi connectivity index (χ0n) is 8.73. The summed E-state index contributed by atoms with van der Waals surface area (Å²) in [6.07, 6.45) is 1.62. The minimum absolute atomic E-state index is 0.489. The number of rotatable bonds is 1. The average molecular weight is 214 g/mol. The minimum atomic E-state index is 0.489. The van der Waals surface area contributed by atoms with Crippen molar-refractivity contribution in [1.29, 1.82) is 0 Å². The van der Waals surface area contributed by atoms with Crippen LogP contribution in [0.25, 0.3) is 22.8 Å². The fourth-order valence-corrected chi connectivity index (χ4v) is 1.63. The smallest absolute Gasteiger partial charge is 0.264 e. The lowest BCUT2D eigenvalue weighted by Crippen LogP contribution is -1.81. The van der Waals surface area contributed by atoms with Gasteiger partial charge in [0.25, 0.3) is 5.89 Å². The lowest BCUT2D eigenvalue weighted by Gasteiger charge is -1.89. The van der Waals surface area contributed by atoms with E-state index in [1.54, 1.807) is 18.4 Å². The van der Waals surface area contributed by atoms with Crippen molar-refractivity contribution in [1.82, 2.24) is 4.98 Å². The molecule has 2 heterocycles. The summed E-state index contributed by atoms with van der Waals surface area (Å²) in [4.78, 5) is 4.34. The minimum Gasteiger partial charge on any atom is -0.459 e. The maximum absolute atomic E-state index is 5.67. The topological polar surface area (TPSA) is 65.2 Å². The van der Waals surface area contributed by atoms with Crippen molar-refractivity contribution in [3.05, 3.63) is 36.1 Å². The summed E-state index contributed by atoms with van der Waals surface area (Å²) in [6, 6.07) is 7.25. The molecule has 3 aromatic rings. The van der Waals surface area contributed by atoms with E-state index in [0.717, 1.165) is 11.1 Å². The highest BCUT2D eigenvalue weighted by Gasteiger charge is 2.13. The normalized spacial score (nSPS) is 11.1. The molecule has 0 fully saturated rings. The fourth-order valence-electron chi connectivity index (χ4n) is 1.63. The first-order valence-corrected chi connectivity index (χ1v) is 4.94. The second-order valence-electron chi connectivity index (χ2n) is 3.68. The third-order valence-corrected chi connectivity index (χ3v) is 2.47. The third kappa shape index (κ3) is 1.27. The SMILES string of the molecule is Cc1ccoc1-c1nc2ccc(N)cc2o1. The van der Waals surface area contributed by atoms with Gasteiger partial charge in [0.2, 0.25) is 0 Å². The highest BCUT2D eigenvalue weighted by Crippen LogP contribution is 2.28. The first kappa shape index (κ1) is 9.03. The van der Waals surface area contributed by atoms with Crippen LogP contribution in [0.15, 0.2) is 39.4 Å². The quantitative estimate of drug-likeness (QED) is 0.632. The van der Waals surface area contributed by atoms with E-state index in [9.17, 15) is 0 Å². The zero-order chi connectivity index (χ0) is 11.1. The van der Waals surface area contributed by atoms with Gasteiger partial charge >= 0.3 is 0 Å². The van der Waals surface area contributed by atoms with Gasteiger partial charge in [0.1, 0.15) is 5.52 Å². The summed E-state index contributed by atoms with van der Waals surface area (Å²) in [6.45, 7) is 1.95. The maximum Gasteiger partial charge on any atom is 0.264 e. The number of nitrogen functional groups attached to an aromatic ring is 1. The number of oxazole rings is 1. The van der Waals surface area contributed by atoms with E-state index >= 15 is 0 Å². The van der Waals surface area contributed by atoms with E-state index in [2.05, 4.69) is 4.98 Å². The van der Waals surface area contributed by atoms with Gasteiger partial charge in [0.05, 0.1) is 6.26 Å². The van der Waals surface area contributed by atoms with Gasteiger partial charge < -0.3 is 14.6 Å². The standard InChI is InChI=1S/C12H10N2O2/c1-7-4-5-15-11(7)12-14-9-3-2-8(13)6-10(9)16-12/h2-6H,13H2,1H3. The molecule has 0 saturated heterocycles. The molecule has 0 saturated carbocycles. The van der Waals surface area contributed by atoms with E-state index in [-0.39, 0.29) is 0 Å². The molecule has 4 heteroatoms. The number of aromatic nitrogens is 1. The predicted octanol–water partition coefficient (Wildman–Crippen LogP) is 2.98. The van der Waals surface area contributed by atoms with Crippen LogP contribution in [0, 0.1) is 6.92 Å². The van der Waals surface area contributed by atoms with Gasteiger partial charge in [-0.3, -0.25) is 0 Å².